The molecule has 4 nitrogen and oxygen atoms in total. The van der Waals surface area contributed by atoms with Crippen LogP contribution >= 0.6 is 0 Å². The maximum Gasteiger partial charge on any atom is 0.346 e. The molecule has 36 heavy (non-hydrogen) atoms. The van der Waals surface area contributed by atoms with Gasteiger partial charge in [-0.2, -0.15) is 0 Å². The molecule has 2 aromatic rings. The van der Waals surface area contributed by atoms with E-state index in [4.69, 9.17) is 4.42 Å². The quantitative estimate of drug-likeness (QED) is 0.481. The topological polar surface area (TPSA) is 63.3 Å². The summed E-state index contributed by atoms with van der Waals surface area (Å²) < 4.78 is 18.9. The number of benzene rings is 1. The van der Waals surface area contributed by atoms with Crippen molar-refractivity contribution in [2.45, 2.75) is 104 Å². The molecule has 6 rings (SSSR count). The van der Waals surface area contributed by atoms with Gasteiger partial charge in [-0.3, -0.25) is 0 Å². The van der Waals surface area contributed by atoms with E-state index in [1.807, 2.05) is 0 Å². The van der Waals surface area contributed by atoms with Gasteiger partial charge in [-0.15, -0.1) is 0 Å². The zero-order valence-corrected chi connectivity index (χ0v) is 21.3. The highest BCUT2D eigenvalue weighted by atomic mass is 19.1. The van der Waals surface area contributed by atoms with Crippen molar-refractivity contribution in [1.82, 2.24) is 4.98 Å². The summed E-state index contributed by atoms with van der Waals surface area (Å²) >= 11 is 0. The first kappa shape index (κ1) is 25.9. The molecule has 0 aliphatic heterocycles. The summed E-state index contributed by atoms with van der Waals surface area (Å²) in [5.41, 5.74) is 0.885. The fourth-order valence-electron chi connectivity index (χ4n) is 9.51. The van der Waals surface area contributed by atoms with Gasteiger partial charge in [0.1, 0.15) is 5.82 Å². The van der Waals surface area contributed by atoms with Gasteiger partial charge in [0, 0.05) is 6.42 Å². The van der Waals surface area contributed by atoms with Crippen LogP contribution in [-0.2, 0) is 6.42 Å². The van der Waals surface area contributed by atoms with E-state index in [0.29, 0.717) is 28.7 Å². The Morgan fingerprint density at radius 2 is 1.83 bits per heavy atom. The Morgan fingerprint density at radius 3 is 2.67 bits per heavy atom. The van der Waals surface area contributed by atoms with E-state index in [1.165, 1.54) is 57.1 Å². The predicted octanol–water partition coefficient (Wildman–Crippen LogP) is 7.31. The molecule has 6 unspecified atom stereocenters. The van der Waals surface area contributed by atoms with Crippen molar-refractivity contribution < 1.29 is 13.9 Å². The number of rotatable bonds is 4. The van der Waals surface area contributed by atoms with E-state index in [9.17, 15) is 14.3 Å². The molecular weight excluding hydrogens is 453 g/mol. The highest BCUT2D eigenvalue weighted by molar-refractivity contribution is 5.76. The Bertz CT molecular complexity index is 1160. The van der Waals surface area contributed by atoms with Crippen LogP contribution in [0.25, 0.3) is 10.9 Å². The molecule has 0 radical (unpaired) electrons. The lowest BCUT2D eigenvalue weighted by Gasteiger charge is -2.61. The maximum atomic E-state index is 13.5. The van der Waals surface area contributed by atoms with Gasteiger partial charge in [0.15, 0.2) is 5.89 Å². The number of aliphatic hydroxyl groups is 1. The summed E-state index contributed by atoms with van der Waals surface area (Å²) in [5.74, 6) is 4.01. The Kier molecular flexibility index (Phi) is 6.85. The van der Waals surface area contributed by atoms with E-state index in [-0.39, 0.29) is 18.9 Å². The first-order valence-corrected chi connectivity index (χ1v) is 14.1. The summed E-state index contributed by atoms with van der Waals surface area (Å²) in [6, 6.07) is 4.11. The zero-order valence-electron chi connectivity index (χ0n) is 21.3. The predicted molar refractivity (Wildman–Crippen MR) is 141 cm³/mol. The van der Waals surface area contributed by atoms with E-state index in [0.717, 1.165) is 55.3 Å². The molecule has 1 heterocycles. The standard InChI is InChI=1S/C30H40FNO3.CH4/c1-29-15-13-25-22(9-6-19-16-21(33)12-14-30(19,25)2)24(29)10-7-18(29)4-3-5-27-32-26-11-8-20(31)17-23(26)28(34)35-27;/h8,11,17-19,21-22,24-25,33H,3-7,9-10,12-16H2,1-2H3;1H4/t18-,19?,21+,22?,24?,25?,29?,30?;/m0./s1. The number of hydrogen-bond donors (Lipinski definition) is 1. The molecule has 5 heteroatoms. The Labute approximate surface area is 215 Å². The second-order valence-electron chi connectivity index (χ2n) is 12.9. The van der Waals surface area contributed by atoms with Crippen LogP contribution in [0.15, 0.2) is 27.4 Å². The number of halogens is 1. The molecule has 0 amide bonds. The number of aromatic nitrogens is 1. The van der Waals surface area contributed by atoms with Crippen molar-refractivity contribution in [3.05, 3.63) is 40.3 Å². The molecule has 1 N–H and O–H groups in total. The Hall–Kier alpha value is -1.75. The molecule has 0 spiro atoms. The second-order valence-corrected chi connectivity index (χ2v) is 12.9. The minimum Gasteiger partial charge on any atom is -0.408 e. The van der Waals surface area contributed by atoms with Gasteiger partial charge in [0.05, 0.1) is 17.0 Å². The fraction of sp³-hybridized carbons (Fsp3) is 0.742. The second kappa shape index (κ2) is 9.53. The average molecular weight is 498 g/mol. The van der Waals surface area contributed by atoms with Crippen LogP contribution in [0.2, 0.25) is 0 Å². The van der Waals surface area contributed by atoms with Crippen LogP contribution in [0.5, 0.6) is 0 Å². The maximum absolute atomic E-state index is 13.5. The fourth-order valence-corrected chi connectivity index (χ4v) is 9.51. The number of fused-ring (bicyclic) bond motifs is 6. The lowest BCUT2D eigenvalue weighted by Crippen LogP contribution is -2.53. The molecule has 4 saturated carbocycles. The average Bonchev–Trinajstić information content (AvgIpc) is 3.16. The summed E-state index contributed by atoms with van der Waals surface area (Å²) in [4.78, 5) is 16.8. The van der Waals surface area contributed by atoms with Gasteiger partial charge in [-0.05, 0) is 129 Å². The minimum absolute atomic E-state index is 0. The van der Waals surface area contributed by atoms with E-state index < -0.39 is 11.4 Å². The van der Waals surface area contributed by atoms with Crippen LogP contribution in [0.1, 0.15) is 97.8 Å². The zero-order chi connectivity index (χ0) is 24.4. The van der Waals surface area contributed by atoms with Gasteiger partial charge in [-0.1, -0.05) is 21.3 Å². The minimum atomic E-state index is -0.491. The van der Waals surface area contributed by atoms with Crippen molar-refractivity contribution in [1.29, 1.82) is 0 Å². The largest absolute Gasteiger partial charge is 0.408 e. The van der Waals surface area contributed by atoms with Gasteiger partial charge in [0.25, 0.3) is 0 Å². The lowest BCUT2D eigenvalue weighted by atomic mass is 9.44. The molecule has 8 atom stereocenters. The van der Waals surface area contributed by atoms with Gasteiger partial charge >= 0.3 is 5.63 Å². The monoisotopic (exact) mass is 497 g/mol. The number of aliphatic hydroxyl groups excluding tert-OH is 1. The number of hydrogen-bond acceptors (Lipinski definition) is 4. The molecule has 4 fully saturated rings. The van der Waals surface area contributed by atoms with Crippen molar-refractivity contribution in [2.24, 2.45) is 40.4 Å². The summed E-state index contributed by atoms with van der Waals surface area (Å²) in [6.45, 7) is 5.14. The molecule has 1 aromatic heterocycles. The normalized spacial score (nSPS) is 39.7. The Morgan fingerprint density at radius 1 is 1.06 bits per heavy atom. The SMILES string of the molecule is C.CC12CC[C@@H](O)CC1CCC1C2CCC2(C)C1CC[C@@H]2CCCc1nc2ccc(F)cc2c(=O)o1. The smallest absolute Gasteiger partial charge is 0.346 e. The van der Waals surface area contributed by atoms with Gasteiger partial charge in [0.2, 0.25) is 0 Å². The third-order valence-corrected chi connectivity index (χ3v) is 11.4. The van der Waals surface area contributed by atoms with Crippen molar-refractivity contribution in [2.75, 3.05) is 0 Å². The van der Waals surface area contributed by atoms with Gasteiger partial charge < -0.3 is 9.52 Å². The molecule has 4 aliphatic rings. The van der Waals surface area contributed by atoms with E-state index in [1.54, 1.807) is 6.07 Å². The van der Waals surface area contributed by atoms with Crippen molar-refractivity contribution in [3.8, 4) is 0 Å². The molecule has 0 bridgehead atoms. The van der Waals surface area contributed by atoms with Crippen LogP contribution in [0, 0.1) is 46.2 Å². The van der Waals surface area contributed by atoms with Crippen LogP contribution in [-0.4, -0.2) is 16.2 Å². The van der Waals surface area contributed by atoms with Gasteiger partial charge in [-0.25, -0.2) is 14.2 Å². The molecule has 198 valence electrons. The Balaban J connectivity index is 0.00000267. The number of nitrogens with zero attached hydrogens (tertiary/aromatic N) is 1. The van der Waals surface area contributed by atoms with Crippen LogP contribution in [0.4, 0.5) is 4.39 Å². The van der Waals surface area contributed by atoms with E-state index >= 15 is 0 Å². The van der Waals surface area contributed by atoms with Crippen LogP contribution < -0.4 is 5.63 Å². The first-order chi connectivity index (χ1) is 16.8. The third kappa shape index (κ3) is 4.14. The molecule has 1 aromatic carbocycles. The highest BCUT2D eigenvalue weighted by Gasteiger charge is 2.59. The summed E-state index contributed by atoms with van der Waals surface area (Å²) in [7, 11) is 0. The van der Waals surface area contributed by atoms with Crippen molar-refractivity contribution in [3.63, 3.8) is 0 Å². The number of aryl methyl sites for hydroxylation is 1. The third-order valence-electron chi connectivity index (χ3n) is 11.4. The van der Waals surface area contributed by atoms with Crippen molar-refractivity contribution >= 4 is 10.9 Å². The lowest BCUT2D eigenvalue weighted by molar-refractivity contribution is -0.127. The van der Waals surface area contributed by atoms with Crippen LogP contribution in [0.3, 0.4) is 0 Å². The highest BCUT2D eigenvalue weighted by Crippen LogP contribution is 2.67. The molecule has 4 aliphatic carbocycles. The summed E-state index contributed by atoms with van der Waals surface area (Å²) in [6.07, 6.45) is 14.0. The summed E-state index contributed by atoms with van der Waals surface area (Å²) in [5, 5.41) is 10.5. The molecular formula is C31H44FNO3. The van der Waals surface area contributed by atoms with E-state index in [2.05, 4.69) is 18.8 Å². The molecule has 0 saturated heterocycles. The first-order valence-electron chi connectivity index (χ1n) is 14.1.